The van der Waals surface area contributed by atoms with Crippen molar-refractivity contribution in [1.82, 2.24) is 10.2 Å². The zero-order valence-electron chi connectivity index (χ0n) is 12.8. The fraction of sp³-hybridized carbons (Fsp3) is 0.929. The Morgan fingerprint density at radius 3 is 2.58 bits per heavy atom. The van der Waals surface area contributed by atoms with E-state index in [1.54, 1.807) is 4.90 Å². The highest BCUT2D eigenvalue weighted by molar-refractivity contribution is 5.68. The van der Waals surface area contributed by atoms with Crippen LogP contribution < -0.4 is 5.32 Å². The number of hydrogen-bond donors (Lipinski definition) is 2. The average Bonchev–Trinajstić information content (AvgIpc) is 2.38. The Kier molecular flexibility index (Phi) is 5.62. The maximum Gasteiger partial charge on any atom is 0.410 e. The maximum absolute atomic E-state index is 12.1. The molecular weight excluding hydrogens is 244 g/mol. The second-order valence-electron chi connectivity index (χ2n) is 6.77. The molecule has 0 saturated carbocycles. The van der Waals surface area contributed by atoms with E-state index in [1.165, 1.54) is 0 Å². The summed E-state index contributed by atoms with van der Waals surface area (Å²) in [4.78, 5) is 13.7. The molecule has 5 heteroatoms. The van der Waals surface area contributed by atoms with Gasteiger partial charge in [-0.15, -0.1) is 0 Å². The number of carbonyl (C=O) groups excluding carboxylic acids is 1. The number of amides is 1. The Bertz CT molecular complexity index is 300. The monoisotopic (exact) mass is 272 g/mol. The van der Waals surface area contributed by atoms with Crippen LogP contribution in [0.2, 0.25) is 0 Å². The van der Waals surface area contributed by atoms with Gasteiger partial charge < -0.3 is 20.1 Å². The summed E-state index contributed by atoms with van der Waals surface area (Å²) < 4.78 is 5.38. The van der Waals surface area contributed by atoms with Gasteiger partial charge >= 0.3 is 6.09 Å². The normalized spacial score (nSPS) is 25.3. The molecule has 0 aliphatic carbocycles. The molecule has 0 aromatic rings. The largest absolute Gasteiger partial charge is 0.444 e. The molecule has 1 saturated heterocycles. The first-order valence-corrected chi connectivity index (χ1v) is 7.06. The molecule has 1 rings (SSSR count). The second-order valence-corrected chi connectivity index (χ2v) is 6.77. The predicted molar refractivity (Wildman–Crippen MR) is 75.1 cm³/mol. The van der Waals surface area contributed by atoms with Gasteiger partial charge in [-0.05, 0) is 33.1 Å². The molecule has 2 atom stereocenters. The van der Waals surface area contributed by atoms with E-state index in [0.717, 1.165) is 6.42 Å². The van der Waals surface area contributed by atoms with Crippen LogP contribution >= 0.6 is 0 Å². The van der Waals surface area contributed by atoms with Crippen molar-refractivity contribution in [3.63, 3.8) is 0 Å². The van der Waals surface area contributed by atoms with E-state index in [1.807, 2.05) is 20.8 Å². The minimum Gasteiger partial charge on any atom is -0.444 e. The van der Waals surface area contributed by atoms with Crippen molar-refractivity contribution in [2.75, 3.05) is 19.6 Å². The van der Waals surface area contributed by atoms with Crippen LogP contribution in [0.4, 0.5) is 4.79 Å². The molecule has 0 aromatic carbocycles. The topological polar surface area (TPSA) is 61.8 Å². The summed E-state index contributed by atoms with van der Waals surface area (Å²) in [6.45, 7) is 11.3. The fourth-order valence-electron chi connectivity index (χ4n) is 2.23. The summed E-state index contributed by atoms with van der Waals surface area (Å²) in [6, 6.07) is 0.213. The van der Waals surface area contributed by atoms with Gasteiger partial charge in [0, 0.05) is 19.1 Å². The van der Waals surface area contributed by atoms with Gasteiger partial charge in [0.25, 0.3) is 0 Å². The summed E-state index contributed by atoms with van der Waals surface area (Å²) >= 11 is 0. The van der Waals surface area contributed by atoms with Crippen LogP contribution in [0.5, 0.6) is 0 Å². The number of rotatable bonds is 2. The minimum atomic E-state index is -0.537. The molecule has 0 unspecified atom stereocenters. The molecule has 0 spiro atoms. The van der Waals surface area contributed by atoms with Gasteiger partial charge in [-0.25, -0.2) is 4.79 Å². The highest BCUT2D eigenvalue weighted by Gasteiger charge is 2.29. The standard InChI is InChI=1S/C14H28N2O3/c1-10(2)6-11-8-16(9-12(17)7-15-11)13(18)19-14(3,4)5/h10-12,15,17H,6-9H2,1-5H3/t11-,12-/m1/s1. The fourth-order valence-corrected chi connectivity index (χ4v) is 2.23. The first-order valence-electron chi connectivity index (χ1n) is 7.06. The molecule has 1 aliphatic heterocycles. The van der Waals surface area contributed by atoms with Crippen LogP contribution in [0.3, 0.4) is 0 Å². The summed E-state index contributed by atoms with van der Waals surface area (Å²) in [5.74, 6) is 0.549. The zero-order chi connectivity index (χ0) is 14.6. The Balaban J connectivity index is 2.65. The van der Waals surface area contributed by atoms with Crippen molar-refractivity contribution in [3.05, 3.63) is 0 Å². The third-order valence-electron chi connectivity index (χ3n) is 2.92. The lowest BCUT2D eigenvalue weighted by Crippen LogP contribution is -2.43. The first-order chi connectivity index (χ1) is 8.67. The van der Waals surface area contributed by atoms with Crippen molar-refractivity contribution >= 4 is 6.09 Å². The number of carbonyl (C=O) groups is 1. The molecule has 1 heterocycles. The molecule has 1 aliphatic rings. The third-order valence-corrected chi connectivity index (χ3v) is 2.92. The van der Waals surface area contributed by atoms with Crippen molar-refractivity contribution < 1.29 is 14.6 Å². The van der Waals surface area contributed by atoms with Crippen LogP contribution in [-0.4, -0.2) is 53.5 Å². The summed E-state index contributed by atoms with van der Waals surface area (Å²) in [5.41, 5.74) is -0.505. The number of hydrogen-bond acceptors (Lipinski definition) is 4. The van der Waals surface area contributed by atoms with Crippen molar-refractivity contribution in [2.45, 2.75) is 58.8 Å². The number of nitrogens with zero attached hydrogens (tertiary/aromatic N) is 1. The van der Waals surface area contributed by atoms with Crippen LogP contribution in [0.15, 0.2) is 0 Å². The molecular formula is C14H28N2O3. The Labute approximate surface area is 116 Å². The quantitative estimate of drug-likeness (QED) is 0.801. The molecule has 5 nitrogen and oxygen atoms in total. The van der Waals surface area contributed by atoms with Crippen LogP contribution in [0.25, 0.3) is 0 Å². The second kappa shape index (κ2) is 6.57. The van der Waals surface area contributed by atoms with Crippen LogP contribution in [0.1, 0.15) is 41.0 Å². The Morgan fingerprint density at radius 2 is 2.05 bits per heavy atom. The van der Waals surface area contributed by atoms with Gasteiger partial charge in [-0.2, -0.15) is 0 Å². The first kappa shape index (κ1) is 16.2. The summed E-state index contributed by atoms with van der Waals surface area (Å²) in [7, 11) is 0. The Hall–Kier alpha value is -0.810. The minimum absolute atomic E-state index is 0.213. The van der Waals surface area contributed by atoms with Crippen molar-refractivity contribution in [2.24, 2.45) is 5.92 Å². The number of β-amino-alcohol motifs (C(OH)–C–C–N with tert-alkyl or cyclic N) is 1. The molecule has 0 bridgehead atoms. The SMILES string of the molecule is CC(C)C[C@@H]1CN(C(=O)OC(C)(C)C)C[C@H](O)CN1. The van der Waals surface area contributed by atoms with E-state index in [-0.39, 0.29) is 12.1 Å². The number of aliphatic hydroxyl groups excluding tert-OH is 1. The van der Waals surface area contributed by atoms with Gasteiger partial charge in [0.1, 0.15) is 5.60 Å². The zero-order valence-corrected chi connectivity index (χ0v) is 12.8. The van der Waals surface area contributed by atoms with Gasteiger partial charge in [0.2, 0.25) is 0 Å². The van der Waals surface area contributed by atoms with Crippen LogP contribution in [-0.2, 0) is 4.74 Å². The number of nitrogens with one attached hydrogen (secondary N) is 1. The van der Waals surface area contributed by atoms with Crippen molar-refractivity contribution in [1.29, 1.82) is 0 Å². The van der Waals surface area contributed by atoms with Crippen LogP contribution in [0, 0.1) is 5.92 Å². The van der Waals surface area contributed by atoms with Gasteiger partial charge in [-0.1, -0.05) is 13.8 Å². The molecule has 1 amide bonds. The molecule has 0 radical (unpaired) electrons. The van der Waals surface area contributed by atoms with E-state index in [9.17, 15) is 9.90 Å². The van der Waals surface area contributed by atoms with E-state index in [2.05, 4.69) is 19.2 Å². The summed E-state index contributed by atoms with van der Waals surface area (Å²) in [5, 5.41) is 13.2. The predicted octanol–water partition coefficient (Wildman–Crippen LogP) is 1.60. The number of aliphatic hydroxyl groups is 1. The Morgan fingerprint density at radius 1 is 1.42 bits per heavy atom. The average molecular weight is 272 g/mol. The van der Waals surface area contributed by atoms with E-state index in [0.29, 0.717) is 25.6 Å². The molecule has 1 fully saturated rings. The number of ether oxygens (including phenoxy) is 1. The molecule has 112 valence electrons. The highest BCUT2D eigenvalue weighted by Crippen LogP contribution is 2.14. The van der Waals surface area contributed by atoms with Gasteiger partial charge in [0.15, 0.2) is 0 Å². The van der Waals surface area contributed by atoms with Gasteiger partial charge in [0.05, 0.1) is 12.6 Å². The lowest BCUT2D eigenvalue weighted by Gasteiger charge is -2.29. The molecule has 2 N–H and O–H groups in total. The lowest BCUT2D eigenvalue weighted by atomic mass is 10.0. The van der Waals surface area contributed by atoms with Crippen molar-refractivity contribution in [3.8, 4) is 0 Å². The highest BCUT2D eigenvalue weighted by atomic mass is 16.6. The smallest absolute Gasteiger partial charge is 0.410 e. The lowest BCUT2D eigenvalue weighted by molar-refractivity contribution is 0.0172. The third kappa shape index (κ3) is 6.25. The summed E-state index contributed by atoms with van der Waals surface area (Å²) in [6.07, 6.45) is 0.0973. The van der Waals surface area contributed by atoms with Gasteiger partial charge in [-0.3, -0.25) is 0 Å². The van der Waals surface area contributed by atoms with E-state index in [4.69, 9.17) is 4.74 Å². The van der Waals surface area contributed by atoms with E-state index < -0.39 is 11.7 Å². The maximum atomic E-state index is 12.1. The molecule has 19 heavy (non-hydrogen) atoms. The molecule has 0 aromatic heterocycles. The van der Waals surface area contributed by atoms with E-state index >= 15 is 0 Å².